The molecule has 2 aromatic carbocycles. The molecule has 1 heterocycles. The highest BCUT2D eigenvalue weighted by Gasteiger charge is 2.18. The molecule has 1 aliphatic rings. The number of amides is 2. The monoisotopic (exact) mass is 320 g/mol. The van der Waals surface area contributed by atoms with Crippen LogP contribution in [-0.2, 0) is 22.6 Å². The number of rotatable bonds is 3. The van der Waals surface area contributed by atoms with Crippen LogP contribution in [0.25, 0.3) is 6.08 Å². The van der Waals surface area contributed by atoms with E-state index < -0.39 is 0 Å². The van der Waals surface area contributed by atoms with Crippen molar-refractivity contribution < 1.29 is 9.59 Å². The molecule has 0 bridgehead atoms. The van der Waals surface area contributed by atoms with Gasteiger partial charge in [0.1, 0.15) is 0 Å². The van der Waals surface area contributed by atoms with Crippen molar-refractivity contribution in [1.82, 2.24) is 4.90 Å². The SMILES string of the molecule is CC(=O)N1CCc2ccc(NC(=O)/C=C/c3ccccc3)cc2C1. The van der Waals surface area contributed by atoms with E-state index in [1.54, 1.807) is 13.0 Å². The number of carbonyl (C=O) groups is 2. The maximum Gasteiger partial charge on any atom is 0.248 e. The Morgan fingerprint density at radius 3 is 2.62 bits per heavy atom. The van der Waals surface area contributed by atoms with Gasteiger partial charge in [-0.3, -0.25) is 9.59 Å². The average Bonchev–Trinajstić information content (AvgIpc) is 2.60. The van der Waals surface area contributed by atoms with Crippen molar-refractivity contribution in [2.45, 2.75) is 19.9 Å². The Kier molecular flexibility index (Phi) is 4.75. The molecule has 4 nitrogen and oxygen atoms in total. The number of carbonyl (C=O) groups excluding carboxylic acids is 2. The van der Waals surface area contributed by atoms with Gasteiger partial charge in [0.25, 0.3) is 0 Å². The Morgan fingerprint density at radius 1 is 1.08 bits per heavy atom. The Morgan fingerprint density at radius 2 is 1.88 bits per heavy atom. The van der Waals surface area contributed by atoms with Gasteiger partial charge in [0.2, 0.25) is 11.8 Å². The number of fused-ring (bicyclic) bond motifs is 1. The molecule has 0 aliphatic carbocycles. The van der Waals surface area contributed by atoms with Gasteiger partial charge in [-0.05, 0) is 41.3 Å². The molecular weight excluding hydrogens is 300 g/mol. The van der Waals surface area contributed by atoms with Crippen molar-refractivity contribution in [2.75, 3.05) is 11.9 Å². The van der Waals surface area contributed by atoms with Gasteiger partial charge in [-0.15, -0.1) is 0 Å². The lowest BCUT2D eigenvalue weighted by Gasteiger charge is -2.28. The highest BCUT2D eigenvalue weighted by molar-refractivity contribution is 6.02. The van der Waals surface area contributed by atoms with E-state index in [0.717, 1.165) is 29.8 Å². The first-order chi connectivity index (χ1) is 11.6. The second-order valence-electron chi connectivity index (χ2n) is 5.91. The fourth-order valence-corrected chi connectivity index (χ4v) is 2.82. The van der Waals surface area contributed by atoms with E-state index >= 15 is 0 Å². The summed E-state index contributed by atoms with van der Waals surface area (Å²) in [6.45, 7) is 2.95. The minimum atomic E-state index is -0.168. The summed E-state index contributed by atoms with van der Waals surface area (Å²) in [5, 5.41) is 2.88. The maximum absolute atomic E-state index is 12.1. The number of nitrogens with one attached hydrogen (secondary N) is 1. The Bertz CT molecular complexity index is 781. The van der Waals surface area contributed by atoms with E-state index in [9.17, 15) is 9.59 Å². The van der Waals surface area contributed by atoms with E-state index in [-0.39, 0.29) is 11.8 Å². The van der Waals surface area contributed by atoms with Crippen LogP contribution in [0.4, 0.5) is 5.69 Å². The van der Waals surface area contributed by atoms with Gasteiger partial charge >= 0.3 is 0 Å². The van der Waals surface area contributed by atoms with Crippen LogP contribution in [0.3, 0.4) is 0 Å². The summed E-state index contributed by atoms with van der Waals surface area (Å²) in [4.78, 5) is 25.4. The zero-order valence-electron chi connectivity index (χ0n) is 13.7. The molecule has 0 saturated carbocycles. The van der Waals surface area contributed by atoms with E-state index in [0.29, 0.717) is 6.54 Å². The van der Waals surface area contributed by atoms with E-state index in [4.69, 9.17) is 0 Å². The van der Waals surface area contributed by atoms with Crippen molar-refractivity contribution in [3.63, 3.8) is 0 Å². The second-order valence-corrected chi connectivity index (χ2v) is 5.91. The highest BCUT2D eigenvalue weighted by Crippen LogP contribution is 2.22. The molecule has 0 radical (unpaired) electrons. The average molecular weight is 320 g/mol. The molecule has 0 saturated heterocycles. The molecule has 0 spiro atoms. The van der Waals surface area contributed by atoms with Crippen LogP contribution in [0.5, 0.6) is 0 Å². The third-order valence-corrected chi connectivity index (χ3v) is 4.16. The summed E-state index contributed by atoms with van der Waals surface area (Å²) < 4.78 is 0. The molecule has 1 aliphatic heterocycles. The summed E-state index contributed by atoms with van der Waals surface area (Å²) in [5.41, 5.74) is 4.07. The molecule has 0 unspecified atom stereocenters. The van der Waals surface area contributed by atoms with Crippen LogP contribution in [-0.4, -0.2) is 23.3 Å². The summed E-state index contributed by atoms with van der Waals surface area (Å²) >= 11 is 0. The van der Waals surface area contributed by atoms with Gasteiger partial charge in [0.15, 0.2) is 0 Å². The van der Waals surface area contributed by atoms with Gasteiger partial charge in [0, 0.05) is 31.8 Å². The van der Waals surface area contributed by atoms with E-state index in [2.05, 4.69) is 5.32 Å². The Hall–Kier alpha value is -2.88. The Balaban J connectivity index is 1.68. The fourth-order valence-electron chi connectivity index (χ4n) is 2.82. The number of benzene rings is 2. The normalized spacial score (nSPS) is 13.6. The third kappa shape index (κ3) is 3.90. The first-order valence-corrected chi connectivity index (χ1v) is 8.03. The molecule has 1 N–H and O–H groups in total. The minimum absolute atomic E-state index is 0.0842. The zero-order valence-corrected chi connectivity index (χ0v) is 13.7. The number of nitrogens with zero attached hydrogens (tertiary/aromatic N) is 1. The largest absolute Gasteiger partial charge is 0.338 e. The lowest BCUT2D eigenvalue weighted by molar-refractivity contribution is -0.129. The predicted octanol–water partition coefficient (Wildman–Crippen LogP) is 3.24. The van der Waals surface area contributed by atoms with Gasteiger partial charge in [-0.1, -0.05) is 36.4 Å². The van der Waals surface area contributed by atoms with Gasteiger partial charge in [-0.2, -0.15) is 0 Å². The third-order valence-electron chi connectivity index (χ3n) is 4.16. The molecule has 3 rings (SSSR count). The van der Waals surface area contributed by atoms with Crippen LogP contribution in [0, 0.1) is 0 Å². The molecule has 0 atom stereocenters. The number of hydrogen-bond acceptors (Lipinski definition) is 2. The molecular formula is C20H20N2O2. The topological polar surface area (TPSA) is 49.4 Å². The maximum atomic E-state index is 12.1. The summed E-state index contributed by atoms with van der Waals surface area (Å²) in [6.07, 6.45) is 4.17. The molecule has 0 aromatic heterocycles. The van der Waals surface area contributed by atoms with Crippen LogP contribution in [0.15, 0.2) is 54.6 Å². The highest BCUT2D eigenvalue weighted by atomic mass is 16.2. The zero-order chi connectivity index (χ0) is 16.9. The minimum Gasteiger partial charge on any atom is -0.338 e. The van der Waals surface area contributed by atoms with Crippen LogP contribution >= 0.6 is 0 Å². The first kappa shape index (κ1) is 16.0. The lowest BCUT2D eigenvalue weighted by atomic mass is 9.99. The van der Waals surface area contributed by atoms with Crippen molar-refractivity contribution in [3.8, 4) is 0 Å². The molecule has 2 aromatic rings. The van der Waals surface area contributed by atoms with Crippen LogP contribution in [0.2, 0.25) is 0 Å². The van der Waals surface area contributed by atoms with Crippen LogP contribution in [0.1, 0.15) is 23.6 Å². The van der Waals surface area contributed by atoms with E-state index in [1.807, 2.05) is 53.4 Å². The fraction of sp³-hybridized carbons (Fsp3) is 0.200. The Labute approximate surface area is 141 Å². The van der Waals surface area contributed by atoms with E-state index in [1.165, 1.54) is 11.6 Å². The molecule has 0 fully saturated rings. The molecule has 122 valence electrons. The standard InChI is InChI=1S/C20H20N2O2/c1-15(23)22-12-11-17-8-9-19(13-18(17)14-22)21-20(24)10-7-16-5-3-2-4-6-16/h2-10,13H,11-12,14H2,1H3,(H,21,24)/b10-7+. The van der Waals surface area contributed by atoms with Crippen molar-refractivity contribution >= 4 is 23.6 Å². The molecule has 24 heavy (non-hydrogen) atoms. The first-order valence-electron chi connectivity index (χ1n) is 8.03. The predicted molar refractivity (Wildman–Crippen MR) is 95.3 cm³/mol. The summed E-state index contributed by atoms with van der Waals surface area (Å²) in [7, 11) is 0. The van der Waals surface area contributed by atoms with Gasteiger partial charge in [0.05, 0.1) is 0 Å². The van der Waals surface area contributed by atoms with Crippen molar-refractivity contribution in [1.29, 1.82) is 0 Å². The van der Waals surface area contributed by atoms with Gasteiger partial charge < -0.3 is 10.2 Å². The number of anilines is 1. The van der Waals surface area contributed by atoms with Crippen LogP contribution < -0.4 is 5.32 Å². The van der Waals surface area contributed by atoms with Crippen molar-refractivity contribution in [3.05, 3.63) is 71.3 Å². The summed E-state index contributed by atoms with van der Waals surface area (Å²) in [5.74, 6) is -0.0843. The quantitative estimate of drug-likeness (QED) is 0.883. The number of hydrogen-bond donors (Lipinski definition) is 1. The van der Waals surface area contributed by atoms with Crippen molar-refractivity contribution in [2.24, 2.45) is 0 Å². The smallest absolute Gasteiger partial charge is 0.248 e. The second kappa shape index (κ2) is 7.13. The molecule has 4 heteroatoms. The van der Waals surface area contributed by atoms with Gasteiger partial charge in [-0.25, -0.2) is 0 Å². The molecule has 2 amide bonds. The summed E-state index contributed by atoms with van der Waals surface area (Å²) in [6, 6.07) is 15.6. The lowest BCUT2D eigenvalue weighted by Crippen LogP contribution is -2.34.